The van der Waals surface area contributed by atoms with E-state index in [1.807, 2.05) is 32.0 Å². The van der Waals surface area contributed by atoms with E-state index in [2.05, 4.69) is 47.3 Å². The normalized spacial score (nSPS) is 21.5. The van der Waals surface area contributed by atoms with E-state index in [0.29, 0.717) is 34.7 Å². The van der Waals surface area contributed by atoms with Gasteiger partial charge in [0.05, 0.1) is 41.1 Å². The Morgan fingerprint density at radius 3 is 2.52 bits per heavy atom. The lowest BCUT2D eigenvalue weighted by atomic mass is 9.86. The average molecular weight is 798 g/mol. The quantitative estimate of drug-likeness (QED) is 0.124. The molecular weight excluding hydrogens is 749 g/mol. The predicted molar refractivity (Wildman–Crippen MR) is 214 cm³/mol. The molecule has 1 unspecified atom stereocenters. The minimum absolute atomic E-state index is 0.0689. The molecule has 0 radical (unpaired) electrons. The van der Waals surface area contributed by atoms with Crippen LogP contribution < -0.4 is 22.1 Å². The molecule has 1 atom stereocenters. The minimum atomic E-state index is -2.97. The van der Waals surface area contributed by atoms with Crippen LogP contribution in [0.1, 0.15) is 85.9 Å². The standard InChI is InChI=1S/C41H49F2N11O4/c1-25(2)30-15-17-53-38(47-30)29(22-46-53)39(56)48-31(35(44)37(42)43)23-45-28-11-9-26(10-12-28)24-52-20-18-51(19-21-52)16-5-7-27-6-4-8-32-36(27)50(3)41(58)54(32)33-13-14-34(55)49-40(33)57/h4,6,8,15,17,22-23,25-26,28,33,37H,9-14,16,18-21,24,44H2,1-3H3,(H,48,56)(H,49,55,57)/b35-31+,45-23?. The van der Waals surface area contributed by atoms with E-state index in [1.54, 1.807) is 19.3 Å². The number of imidazole rings is 1. The number of aliphatic imine (C=N–C) groups is 1. The van der Waals surface area contributed by atoms with Gasteiger partial charge in [-0.2, -0.15) is 5.10 Å². The number of allylic oxidation sites excluding steroid dienone is 2. The number of imide groups is 1. The highest BCUT2D eigenvalue weighted by Gasteiger charge is 2.32. The zero-order chi connectivity index (χ0) is 41.1. The molecule has 7 rings (SSSR count). The number of alkyl halides is 2. The SMILES string of the molecule is CC(C)c1ccn2ncc(C(=O)N/C(C=NC3CCC(CN4CCN(CC#Cc5cccc6c5n(C)c(=O)n6C5CCC(=O)NC5=O)CC4)CC3)=C(/N)C(F)F)c2n1. The summed E-state index contributed by atoms with van der Waals surface area (Å²) in [6.07, 6.45) is 5.32. The molecule has 3 fully saturated rings. The van der Waals surface area contributed by atoms with E-state index in [-0.39, 0.29) is 47.7 Å². The van der Waals surface area contributed by atoms with Crippen LogP contribution in [0.3, 0.4) is 0 Å². The number of aromatic nitrogens is 5. The lowest BCUT2D eigenvalue weighted by Gasteiger charge is -2.37. The largest absolute Gasteiger partial charge is 0.396 e. The molecule has 5 heterocycles. The molecule has 58 heavy (non-hydrogen) atoms. The molecule has 2 aliphatic heterocycles. The number of para-hydroxylation sites is 1. The first kappa shape index (κ1) is 40.5. The van der Waals surface area contributed by atoms with Gasteiger partial charge in [-0.25, -0.2) is 23.1 Å². The molecule has 4 N–H and O–H groups in total. The topological polar surface area (TPSA) is 177 Å². The van der Waals surface area contributed by atoms with Crippen molar-refractivity contribution in [1.82, 2.24) is 44.2 Å². The molecule has 3 aliphatic rings. The Morgan fingerprint density at radius 2 is 1.81 bits per heavy atom. The first-order valence-electron chi connectivity index (χ1n) is 19.8. The van der Waals surface area contributed by atoms with Crippen LogP contribution in [-0.2, 0) is 16.6 Å². The number of rotatable bonds is 10. The number of benzene rings is 1. The van der Waals surface area contributed by atoms with Crippen molar-refractivity contribution >= 4 is 40.6 Å². The maximum absolute atomic E-state index is 13.7. The van der Waals surface area contributed by atoms with Crippen molar-refractivity contribution in [2.45, 2.75) is 76.8 Å². The first-order chi connectivity index (χ1) is 27.9. The number of amides is 3. The van der Waals surface area contributed by atoms with Crippen molar-refractivity contribution in [3.63, 3.8) is 0 Å². The lowest BCUT2D eigenvalue weighted by Crippen LogP contribution is -2.48. The van der Waals surface area contributed by atoms with Crippen LogP contribution in [0.15, 0.2) is 57.8 Å². The molecule has 15 nitrogen and oxygen atoms in total. The molecule has 17 heteroatoms. The third-order valence-electron chi connectivity index (χ3n) is 11.4. The summed E-state index contributed by atoms with van der Waals surface area (Å²) in [6.45, 7) is 9.10. The molecule has 306 valence electrons. The van der Waals surface area contributed by atoms with Gasteiger partial charge in [0.1, 0.15) is 17.3 Å². The Kier molecular flexibility index (Phi) is 12.1. The fourth-order valence-corrected chi connectivity index (χ4v) is 8.02. The Morgan fingerprint density at radius 1 is 1.07 bits per heavy atom. The maximum Gasteiger partial charge on any atom is 0.329 e. The molecule has 0 spiro atoms. The molecule has 3 aromatic heterocycles. The van der Waals surface area contributed by atoms with E-state index in [9.17, 15) is 28.0 Å². The third-order valence-corrected chi connectivity index (χ3v) is 11.4. The van der Waals surface area contributed by atoms with E-state index in [1.165, 1.54) is 26.1 Å². The summed E-state index contributed by atoms with van der Waals surface area (Å²) in [5.41, 5.74) is 7.67. The van der Waals surface area contributed by atoms with E-state index in [4.69, 9.17) is 5.73 Å². The van der Waals surface area contributed by atoms with Gasteiger partial charge in [-0.15, -0.1) is 0 Å². The third kappa shape index (κ3) is 8.72. The van der Waals surface area contributed by atoms with Gasteiger partial charge in [0, 0.05) is 64.3 Å². The van der Waals surface area contributed by atoms with Crippen LogP contribution in [-0.4, -0.2) is 109 Å². The summed E-state index contributed by atoms with van der Waals surface area (Å²) < 4.78 is 31.9. The van der Waals surface area contributed by atoms with Crippen LogP contribution in [0.4, 0.5) is 8.78 Å². The van der Waals surface area contributed by atoms with Crippen LogP contribution in [0.25, 0.3) is 16.7 Å². The number of halogens is 2. The van der Waals surface area contributed by atoms with Crippen LogP contribution in [0.5, 0.6) is 0 Å². The minimum Gasteiger partial charge on any atom is -0.396 e. The van der Waals surface area contributed by atoms with Crippen molar-refractivity contribution in [2.75, 3.05) is 39.3 Å². The Bertz CT molecular complexity index is 2390. The fourth-order valence-electron chi connectivity index (χ4n) is 8.02. The number of piperidine rings is 1. The molecular formula is C41H49F2N11O4. The molecule has 0 bridgehead atoms. The Labute approximate surface area is 334 Å². The summed E-state index contributed by atoms with van der Waals surface area (Å²) >= 11 is 0. The van der Waals surface area contributed by atoms with Gasteiger partial charge in [0.15, 0.2) is 5.65 Å². The van der Waals surface area contributed by atoms with Crippen LogP contribution in [0, 0.1) is 17.8 Å². The zero-order valence-corrected chi connectivity index (χ0v) is 33.0. The molecule has 2 saturated heterocycles. The molecule has 3 amide bonds. The number of hydrogen-bond acceptors (Lipinski definition) is 10. The van der Waals surface area contributed by atoms with Crippen molar-refractivity contribution in [1.29, 1.82) is 0 Å². The number of nitrogens with one attached hydrogen (secondary N) is 2. The van der Waals surface area contributed by atoms with Crippen molar-refractivity contribution in [3.8, 4) is 11.8 Å². The smallest absolute Gasteiger partial charge is 0.329 e. The zero-order valence-electron chi connectivity index (χ0n) is 33.0. The number of carbonyl (C=O) groups is 3. The number of hydrogen-bond donors (Lipinski definition) is 3. The summed E-state index contributed by atoms with van der Waals surface area (Å²) in [7, 11) is 1.67. The molecule has 4 aromatic rings. The average Bonchev–Trinajstić information content (AvgIpc) is 3.75. The van der Waals surface area contributed by atoms with Gasteiger partial charge < -0.3 is 16.0 Å². The van der Waals surface area contributed by atoms with E-state index in [0.717, 1.165) is 64.1 Å². The lowest BCUT2D eigenvalue weighted by molar-refractivity contribution is -0.135. The number of piperazine rings is 1. The van der Waals surface area contributed by atoms with Gasteiger partial charge in [-0.3, -0.25) is 38.7 Å². The fraction of sp³-hybridized carbons (Fsp3) is 0.488. The second kappa shape index (κ2) is 17.4. The van der Waals surface area contributed by atoms with Crippen molar-refractivity contribution < 1.29 is 23.2 Å². The molecule has 1 aliphatic carbocycles. The van der Waals surface area contributed by atoms with Gasteiger partial charge in [-0.05, 0) is 62.1 Å². The second-order valence-electron chi connectivity index (χ2n) is 15.6. The number of carbonyl (C=O) groups excluding carboxylic acids is 3. The molecule has 1 aromatic carbocycles. The first-order valence-corrected chi connectivity index (χ1v) is 19.8. The van der Waals surface area contributed by atoms with Gasteiger partial charge in [0.25, 0.3) is 12.3 Å². The summed E-state index contributed by atoms with van der Waals surface area (Å²) in [6, 6.07) is 6.51. The van der Waals surface area contributed by atoms with Crippen LogP contribution in [0.2, 0.25) is 0 Å². The van der Waals surface area contributed by atoms with Gasteiger partial charge >= 0.3 is 5.69 Å². The highest BCUT2D eigenvalue weighted by molar-refractivity contribution is 6.03. The Hall–Kier alpha value is -5.73. The summed E-state index contributed by atoms with van der Waals surface area (Å²) in [5.74, 6) is 5.72. The van der Waals surface area contributed by atoms with Crippen molar-refractivity contribution in [3.05, 3.63) is 75.4 Å². The molecule has 1 saturated carbocycles. The van der Waals surface area contributed by atoms with Crippen molar-refractivity contribution in [2.24, 2.45) is 23.7 Å². The summed E-state index contributed by atoms with van der Waals surface area (Å²) in [5, 5.41) is 9.06. The number of fused-ring (bicyclic) bond motifs is 2. The van der Waals surface area contributed by atoms with Gasteiger partial charge in [-0.1, -0.05) is 31.8 Å². The second-order valence-corrected chi connectivity index (χ2v) is 15.6. The number of nitrogens with zero attached hydrogens (tertiary/aromatic N) is 8. The Balaban J connectivity index is 0.891. The maximum atomic E-state index is 13.7. The highest BCUT2D eigenvalue weighted by atomic mass is 19.3. The van der Waals surface area contributed by atoms with E-state index < -0.39 is 30.0 Å². The van der Waals surface area contributed by atoms with Crippen LogP contribution >= 0.6 is 0 Å². The number of nitrogens with two attached hydrogens (primary N) is 1. The number of aryl methyl sites for hydroxylation is 1. The van der Waals surface area contributed by atoms with E-state index >= 15 is 0 Å². The summed E-state index contributed by atoms with van der Waals surface area (Å²) in [4.78, 5) is 64.7. The monoisotopic (exact) mass is 797 g/mol. The predicted octanol–water partition coefficient (Wildman–Crippen LogP) is 2.95. The van der Waals surface area contributed by atoms with Gasteiger partial charge in [0.2, 0.25) is 11.8 Å². The highest BCUT2D eigenvalue weighted by Crippen LogP contribution is 2.28.